The highest BCUT2D eigenvalue weighted by atomic mass is 16.5. The third kappa shape index (κ3) is 2.09. The third-order valence-corrected chi connectivity index (χ3v) is 1.75. The van der Waals surface area contributed by atoms with Gasteiger partial charge in [0.2, 0.25) is 0 Å². The second-order valence-corrected chi connectivity index (χ2v) is 2.74. The zero-order valence-corrected chi connectivity index (χ0v) is 7.79. The zero-order chi connectivity index (χ0) is 10.5. The summed E-state index contributed by atoms with van der Waals surface area (Å²) in [6, 6.07) is 10.9. The zero-order valence-electron chi connectivity index (χ0n) is 7.79. The fourth-order valence-corrected chi connectivity index (χ4v) is 1.08. The molecule has 0 aliphatic rings. The summed E-state index contributed by atoms with van der Waals surface area (Å²) in [5.41, 5.74) is 0.463. The lowest BCUT2D eigenvalue weighted by molar-refractivity contribution is 0.440. The van der Waals surface area contributed by atoms with Gasteiger partial charge in [0.25, 0.3) is 0 Å². The molecular formula is C11H7N3O. The Hall–Kier alpha value is -2.41. The van der Waals surface area contributed by atoms with Crippen LogP contribution in [0.1, 0.15) is 5.56 Å². The number of benzene rings is 1. The molecule has 72 valence electrons. The molecule has 2 aromatic rings. The predicted octanol–water partition coefficient (Wildman–Crippen LogP) is 2.14. The van der Waals surface area contributed by atoms with Gasteiger partial charge < -0.3 is 4.74 Å². The van der Waals surface area contributed by atoms with Gasteiger partial charge in [0.15, 0.2) is 0 Å². The average molecular weight is 197 g/mol. The molecule has 1 aromatic carbocycles. The summed E-state index contributed by atoms with van der Waals surface area (Å²) in [4.78, 5) is 7.81. The highest BCUT2D eigenvalue weighted by Crippen LogP contribution is 2.20. The maximum atomic E-state index is 8.83. The van der Waals surface area contributed by atoms with E-state index in [1.807, 2.05) is 6.07 Å². The minimum atomic E-state index is 0.236. The SMILES string of the molecule is N#Cc1ccccc1Oc1ncccn1. The number of aromatic nitrogens is 2. The van der Waals surface area contributed by atoms with Crippen LogP contribution in [0.4, 0.5) is 0 Å². The van der Waals surface area contributed by atoms with Crippen molar-refractivity contribution in [1.29, 1.82) is 5.26 Å². The number of hydrogen-bond donors (Lipinski definition) is 0. The van der Waals surface area contributed by atoms with Crippen molar-refractivity contribution < 1.29 is 4.74 Å². The van der Waals surface area contributed by atoms with Crippen LogP contribution in [0.25, 0.3) is 0 Å². The standard InChI is InChI=1S/C11H7N3O/c12-8-9-4-1-2-5-10(9)15-11-13-6-3-7-14-11/h1-7H. The quantitative estimate of drug-likeness (QED) is 0.740. The van der Waals surface area contributed by atoms with Crippen LogP contribution in [-0.4, -0.2) is 9.97 Å². The molecule has 0 amide bonds. The number of para-hydroxylation sites is 1. The molecule has 0 radical (unpaired) electrons. The van der Waals surface area contributed by atoms with E-state index in [4.69, 9.17) is 10.00 Å². The molecule has 0 N–H and O–H groups in total. The summed E-state index contributed by atoms with van der Waals surface area (Å²) >= 11 is 0. The third-order valence-electron chi connectivity index (χ3n) is 1.75. The largest absolute Gasteiger partial charge is 0.423 e. The van der Waals surface area contributed by atoms with Crippen molar-refractivity contribution in [3.05, 3.63) is 48.3 Å². The number of rotatable bonds is 2. The lowest BCUT2D eigenvalue weighted by atomic mass is 10.2. The smallest absolute Gasteiger partial charge is 0.321 e. The van der Waals surface area contributed by atoms with Gasteiger partial charge in [-0.25, -0.2) is 9.97 Å². The second-order valence-electron chi connectivity index (χ2n) is 2.74. The van der Waals surface area contributed by atoms with E-state index >= 15 is 0 Å². The van der Waals surface area contributed by atoms with Crippen molar-refractivity contribution >= 4 is 0 Å². The molecule has 2 rings (SSSR count). The van der Waals surface area contributed by atoms with Crippen LogP contribution in [0, 0.1) is 11.3 Å². The maximum absolute atomic E-state index is 8.83. The van der Waals surface area contributed by atoms with Crippen molar-refractivity contribution in [3.8, 4) is 17.8 Å². The van der Waals surface area contributed by atoms with Crippen LogP contribution in [0.3, 0.4) is 0 Å². The highest BCUT2D eigenvalue weighted by Gasteiger charge is 2.03. The Bertz CT molecular complexity index is 491. The van der Waals surface area contributed by atoms with Crippen LogP contribution in [-0.2, 0) is 0 Å². The van der Waals surface area contributed by atoms with E-state index in [2.05, 4.69) is 9.97 Å². The Morgan fingerprint density at radius 1 is 1.07 bits per heavy atom. The van der Waals surface area contributed by atoms with Crippen molar-refractivity contribution in [1.82, 2.24) is 9.97 Å². The second kappa shape index (κ2) is 4.20. The fraction of sp³-hybridized carbons (Fsp3) is 0. The Morgan fingerprint density at radius 2 is 1.80 bits per heavy atom. The number of ether oxygens (including phenoxy) is 1. The Kier molecular flexibility index (Phi) is 2.56. The van der Waals surface area contributed by atoms with E-state index in [0.717, 1.165) is 0 Å². The average Bonchev–Trinajstić information content (AvgIpc) is 2.31. The van der Waals surface area contributed by atoms with Crippen LogP contribution in [0.2, 0.25) is 0 Å². The van der Waals surface area contributed by atoms with Crippen LogP contribution in [0.5, 0.6) is 11.8 Å². The van der Waals surface area contributed by atoms with Crippen molar-refractivity contribution in [2.75, 3.05) is 0 Å². The summed E-state index contributed by atoms with van der Waals surface area (Å²) in [5, 5.41) is 8.83. The van der Waals surface area contributed by atoms with Gasteiger partial charge in [-0.05, 0) is 18.2 Å². The maximum Gasteiger partial charge on any atom is 0.321 e. The first kappa shape index (κ1) is 9.16. The molecular weight excluding hydrogens is 190 g/mol. The molecule has 1 heterocycles. The molecule has 0 unspecified atom stereocenters. The summed E-state index contributed by atoms with van der Waals surface area (Å²) < 4.78 is 5.36. The number of nitriles is 1. The van der Waals surface area contributed by atoms with Crippen molar-refractivity contribution in [3.63, 3.8) is 0 Å². The number of hydrogen-bond acceptors (Lipinski definition) is 4. The molecule has 0 saturated heterocycles. The first-order valence-electron chi connectivity index (χ1n) is 4.34. The molecule has 0 fully saturated rings. The summed E-state index contributed by atoms with van der Waals surface area (Å²) in [7, 11) is 0. The fourth-order valence-electron chi connectivity index (χ4n) is 1.08. The van der Waals surface area contributed by atoms with Gasteiger partial charge in [0.05, 0.1) is 5.56 Å². The van der Waals surface area contributed by atoms with Crippen molar-refractivity contribution in [2.45, 2.75) is 0 Å². The molecule has 0 atom stereocenters. The van der Waals surface area contributed by atoms with Crippen LogP contribution < -0.4 is 4.74 Å². The topological polar surface area (TPSA) is 58.8 Å². The molecule has 15 heavy (non-hydrogen) atoms. The van der Waals surface area contributed by atoms with E-state index in [-0.39, 0.29) is 6.01 Å². The Labute approximate surface area is 86.8 Å². The normalized spacial score (nSPS) is 9.27. The van der Waals surface area contributed by atoms with Crippen LogP contribution in [0.15, 0.2) is 42.7 Å². The molecule has 0 bridgehead atoms. The molecule has 1 aromatic heterocycles. The van der Waals surface area contributed by atoms with Gasteiger partial charge in [-0.3, -0.25) is 0 Å². The minimum Gasteiger partial charge on any atom is -0.423 e. The van der Waals surface area contributed by atoms with Gasteiger partial charge in [-0.15, -0.1) is 0 Å². The first-order valence-corrected chi connectivity index (χ1v) is 4.34. The number of nitrogens with zero attached hydrogens (tertiary/aromatic N) is 3. The predicted molar refractivity (Wildman–Crippen MR) is 53.3 cm³/mol. The van der Waals surface area contributed by atoms with Gasteiger partial charge in [0, 0.05) is 12.4 Å². The van der Waals surface area contributed by atoms with E-state index in [0.29, 0.717) is 11.3 Å². The summed E-state index contributed by atoms with van der Waals surface area (Å²) in [6.45, 7) is 0. The van der Waals surface area contributed by atoms with Gasteiger partial charge in [-0.1, -0.05) is 12.1 Å². The van der Waals surface area contributed by atoms with Crippen LogP contribution >= 0.6 is 0 Å². The molecule has 0 aliphatic carbocycles. The van der Waals surface area contributed by atoms with E-state index < -0.39 is 0 Å². The van der Waals surface area contributed by atoms with E-state index in [1.165, 1.54) is 0 Å². The van der Waals surface area contributed by atoms with Crippen molar-refractivity contribution in [2.24, 2.45) is 0 Å². The first-order chi connectivity index (χ1) is 7.40. The lowest BCUT2D eigenvalue weighted by Gasteiger charge is -2.03. The lowest BCUT2D eigenvalue weighted by Crippen LogP contribution is -1.92. The summed E-state index contributed by atoms with van der Waals surface area (Å²) in [6.07, 6.45) is 3.16. The van der Waals surface area contributed by atoms with E-state index in [9.17, 15) is 0 Å². The highest BCUT2D eigenvalue weighted by molar-refractivity contribution is 5.43. The Balaban J connectivity index is 2.29. The monoisotopic (exact) mass is 197 g/mol. The molecule has 0 saturated carbocycles. The molecule has 4 nitrogen and oxygen atoms in total. The van der Waals surface area contributed by atoms with Gasteiger partial charge in [0.1, 0.15) is 11.8 Å². The molecule has 4 heteroatoms. The minimum absolute atomic E-state index is 0.236. The Morgan fingerprint density at radius 3 is 2.53 bits per heavy atom. The molecule has 0 spiro atoms. The van der Waals surface area contributed by atoms with Gasteiger partial charge >= 0.3 is 6.01 Å². The van der Waals surface area contributed by atoms with Gasteiger partial charge in [-0.2, -0.15) is 5.26 Å². The van der Waals surface area contributed by atoms with E-state index in [1.54, 1.807) is 42.7 Å². The summed E-state index contributed by atoms with van der Waals surface area (Å²) in [5.74, 6) is 0.464. The molecule has 0 aliphatic heterocycles.